The van der Waals surface area contributed by atoms with Crippen LogP contribution in [0.5, 0.6) is 0 Å². The van der Waals surface area contributed by atoms with E-state index in [0.29, 0.717) is 18.5 Å². The third-order valence-corrected chi connectivity index (χ3v) is 4.94. The molecule has 130 valence electrons. The molecule has 2 atom stereocenters. The molecule has 1 fully saturated rings. The van der Waals surface area contributed by atoms with Gasteiger partial charge in [-0.05, 0) is 67.1 Å². The third kappa shape index (κ3) is 4.99. The predicted octanol–water partition coefficient (Wildman–Crippen LogP) is 4.52. The lowest BCUT2D eigenvalue weighted by Crippen LogP contribution is -2.44. The van der Waals surface area contributed by atoms with E-state index in [1.165, 1.54) is 11.3 Å². The standard InChI is InChI=1S/C20H25N5/c21-25-23-15-17-7-5-4-6-16(17)10-11-18-14-22-13-12-20(18)24-19-8-2-1-3-9-19/h1-9,18,20,22,24H,10-15H2. The van der Waals surface area contributed by atoms with Crippen molar-refractivity contribution in [3.63, 3.8) is 0 Å². The molecule has 5 heteroatoms. The smallest absolute Gasteiger partial charge is 0.0513 e. The van der Waals surface area contributed by atoms with Crippen LogP contribution in [0.2, 0.25) is 0 Å². The van der Waals surface area contributed by atoms with Gasteiger partial charge in [-0.25, -0.2) is 0 Å². The molecule has 2 unspecified atom stereocenters. The highest BCUT2D eigenvalue weighted by molar-refractivity contribution is 5.43. The molecule has 1 aliphatic heterocycles. The van der Waals surface area contributed by atoms with Crippen molar-refractivity contribution in [1.29, 1.82) is 0 Å². The van der Waals surface area contributed by atoms with E-state index >= 15 is 0 Å². The van der Waals surface area contributed by atoms with Crippen molar-refractivity contribution in [3.05, 3.63) is 76.2 Å². The van der Waals surface area contributed by atoms with Crippen molar-refractivity contribution in [2.75, 3.05) is 18.4 Å². The summed E-state index contributed by atoms with van der Waals surface area (Å²) in [6, 6.07) is 19.2. The van der Waals surface area contributed by atoms with Gasteiger partial charge in [0.1, 0.15) is 0 Å². The first-order valence-electron chi connectivity index (χ1n) is 8.97. The molecule has 0 bridgehead atoms. The van der Waals surface area contributed by atoms with E-state index in [2.05, 4.69) is 63.1 Å². The molecule has 1 aliphatic rings. The normalized spacial score (nSPS) is 19.8. The second-order valence-corrected chi connectivity index (χ2v) is 6.57. The third-order valence-electron chi connectivity index (χ3n) is 4.94. The second kappa shape index (κ2) is 9.11. The van der Waals surface area contributed by atoms with Crippen LogP contribution < -0.4 is 10.6 Å². The van der Waals surface area contributed by atoms with Crippen molar-refractivity contribution in [2.45, 2.75) is 31.8 Å². The van der Waals surface area contributed by atoms with Crippen molar-refractivity contribution in [3.8, 4) is 0 Å². The van der Waals surface area contributed by atoms with Gasteiger partial charge in [0, 0.05) is 16.6 Å². The van der Waals surface area contributed by atoms with Crippen LogP contribution >= 0.6 is 0 Å². The number of nitrogens with one attached hydrogen (secondary N) is 2. The van der Waals surface area contributed by atoms with E-state index in [1.54, 1.807) is 0 Å². The molecule has 25 heavy (non-hydrogen) atoms. The van der Waals surface area contributed by atoms with E-state index < -0.39 is 0 Å². The summed E-state index contributed by atoms with van der Waals surface area (Å²) in [6.45, 7) is 2.54. The fourth-order valence-electron chi connectivity index (χ4n) is 3.57. The molecule has 0 radical (unpaired) electrons. The summed E-state index contributed by atoms with van der Waals surface area (Å²) in [7, 11) is 0. The van der Waals surface area contributed by atoms with E-state index in [4.69, 9.17) is 5.53 Å². The molecule has 2 aromatic rings. The van der Waals surface area contributed by atoms with Crippen molar-refractivity contribution in [2.24, 2.45) is 11.0 Å². The Morgan fingerprint density at radius 3 is 2.64 bits per heavy atom. The van der Waals surface area contributed by atoms with E-state index in [9.17, 15) is 0 Å². The molecular weight excluding hydrogens is 310 g/mol. The number of rotatable bonds is 7. The Kier molecular flexibility index (Phi) is 6.32. The highest BCUT2D eigenvalue weighted by Gasteiger charge is 2.24. The van der Waals surface area contributed by atoms with Gasteiger partial charge in [0.2, 0.25) is 0 Å². The lowest BCUT2D eigenvalue weighted by atomic mass is 9.87. The molecule has 3 rings (SSSR count). The number of nitrogens with zero attached hydrogens (tertiary/aromatic N) is 3. The molecule has 0 aromatic heterocycles. The number of hydrogen-bond donors (Lipinski definition) is 2. The zero-order chi connectivity index (χ0) is 17.3. The van der Waals surface area contributed by atoms with Crippen LogP contribution in [0.25, 0.3) is 10.4 Å². The predicted molar refractivity (Wildman–Crippen MR) is 102 cm³/mol. The molecular formula is C20H25N5. The van der Waals surface area contributed by atoms with E-state index in [1.807, 2.05) is 12.1 Å². The minimum atomic E-state index is 0.432. The summed E-state index contributed by atoms with van der Waals surface area (Å²) >= 11 is 0. The molecule has 1 saturated heterocycles. The summed E-state index contributed by atoms with van der Waals surface area (Å²) in [4.78, 5) is 2.89. The van der Waals surface area contributed by atoms with Gasteiger partial charge in [-0.15, -0.1) is 0 Å². The number of anilines is 1. The summed E-state index contributed by atoms with van der Waals surface area (Å²) < 4.78 is 0. The minimum Gasteiger partial charge on any atom is -0.382 e. The molecule has 5 nitrogen and oxygen atoms in total. The summed E-state index contributed by atoms with van der Waals surface area (Å²) in [5.74, 6) is 0.585. The number of aryl methyl sites for hydroxylation is 1. The number of azide groups is 1. The van der Waals surface area contributed by atoms with Crippen LogP contribution in [0.15, 0.2) is 59.7 Å². The van der Waals surface area contributed by atoms with Crippen molar-refractivity contribution < 1.29 is 0 Å². The van der Waals surface area contributed by atoms with Crippen LogP contribution in [0, 0.1) is 5.92 Å². The number of hydrogen-bond acceptors (Lipinski definition) is 3. The Balaban J connectivity index is 1.63. The van der Waals surface area contributed by atoms with Gasteiger partial charge >= 0.3 is 0 Å². The maximum absolute atomic E-state index is 8.57. The van der Waals surface area contributed by atoms with Gasteiger partial charge in [-0.1, -0.05) is 47.6 Å². The first kappa shape index (κ1) is 17.3. The highest BCUT2D eigenvalue weighted by atomic mass is 15.1. The highest BCUT2D eigenvalue weighted by Crippen LogP contribution is 2.23. The van der Waals surface area contributed by atoms with Gasteiger partial charge in [-0.2, -0.15) is 0 Å². The molecule has 0 saturated carbocycles. The SMILES string of the molecule is [N-]=[N+]=NCc1ccccc1CCC1CNCCC1Nc1ccccc1. The quantitative estimate of drug-likeness (QED) is 0.443. The zero-order valence-electron chi connectivity index (χ0n) is 14.4. The molecule has 1 heterocycles. The van der Waals surface area contributed by atoms with Gasteiger partial charge in [0.05, 0.1) is 6.54 Å². The van der Waals surface area contributed by atoms with Crippen LogP contribution in [-0.4, -0.2) is 19.1 Å². The fraction of sp³-hybridized carbons (Fsp3) is 0.400. The van der Waals surface area contributed by atoms with Crippen LogP contribution in [-0.2, 0) is 13.0 Å². The average Bonchev–Trinajstić information content (AvgIpc) is 2.67. The lowest BCUT2D eigenvalue weighted by Gasteiger charge is -2.34. The minimum absolute atomic E-state index is 0.432. The maximum Gasteiger partial charge on any atom is 0.0513 e. The number of piperidine rings is 1. The lowest BCUT2D eigenvalue weighted by molar-refractivity contribution is 0.326. The second-order valence-electron chi connectivity index (χ2n) is 6.57. The molecule has 2 N–H and O–H groups in total. The van der Waals surface area contributed by atoms with Crippen molar-refractivity contribution in [1.82, 2.24) is 5.32 Å². The number of para-hydroxylation sites is 1. The average molecular weight is 335 g/mol. The summed E-state index contributed by atoms with van der Waals surface area (Å²) in [5, 5.41) is 11.0. The van der Waals surface area contributed by atoms with Gasteiger partial charge in [0.15, 0.2) is 0 Å². The largest absolute Gasteiger partial charge is 0.382 e. The zero-order valence-corrected chi connectivity index (χ0v) is 14.4. The Bertz CT molecular complexity index is 709. The van der Waals surface area contributed by atoms with Gasteiger partial charge in [0.25, 0.3) is 0 Å². The van der Waals surface area contributed by atoms with Crippen LogP contribution in [0.1, 0.15) is 24.0 Å². The monoisotopic (exact) mass is 335 g/mol. The number of benzene rings is 2. The fourth-order valence-corrected chi connectivity index (χ4v) is 3.57. The molecule has 2 aromatic carbocycles. The summed E-state index contributed by atoms with van der Waals surface area (Å²) in [5.41, 5.74) is 12.2. The molecule has 0 aliphatic carbocycles. The van der Waals surface area contributed by atoms with Crippen molar-refractivity contribution >= 4 is 5.69 Å². The van der Waals surface area contributed by atoms with Gasteiger partial charge < -0.3 is 10.6 Å². The Labute approximate surface area is 149 Å². The topological polar surface area (TPSA) is 72.8 Å². The molecule has 0 spiro atoms. The van der Waals surface area contributed by atoms with Crippen LogP contribution in [0.3, 0.4) is 0 Å². The van der Waals surface area contributed by atoms with E-state index in [0.717, 1.165) is 37.9 Å². The molecule has 0 amide bonds. The Morgan fingerprint density at radius 2 is 1.84 bits per heavy atom. The van der Waals surface area contributed by atoms with E-state index in [-0.39, 0.29) is 0 Å². The Morgan fingerprint density at radius 1 is 1.08 bits per heavy atom. The first-order valence-corrected chi connectivity index (χ1v) is 8.97. The van der Waals surface area contributed by atoms with Gasteiger partial charge in [-0.3, -0.25) is 0 Å². The van der Waals surface area contributed by atoms with Crippen LogP contribution in [0.4, 0.5) is 5.69 Å². The Hall–Kier alpha value is -2.49. The maximum atomic E-state index is 8.57. The first-order chi connectivity index (χ1) is 12.4. The summed E-state index contributed by atoms with van der Waals surface area (Å²) in [6.07, 6.45) is 3.27.